The first-order valence-electron chi connectivity index (χ1n) is 5.24. The molecule has 0 fully saturated rings. The van der Waals surface area contributed by atoms with E-state index in [1.54, 1.807) is 19.1 Å². The van der Waals surface area contributed by atoms with Crippen molar-refractivity contribution in [1.29, 1.82) is 0 Å². The van der Waals surface area contributed by atoms with Crippen LogP contribution in [0, 0.1) is 0 Å². The number of rotatable bonds is 5. The zero-order chi connectivity index (χ0) is 13.5. The van der Waals surface area contributed by atoms with Gasteiger partial charge >= 0.3 is 18.3 Å². The molecule has 0 bridgehead atoms. The molecule has 5 nitrogen and oxygen atoms in total. The van der Waals surface area contributed by atoms with Crippen molar-refractivity contribution in [2.45, 2.75) is 13.3 Å². The van der Waals surface area contributed by atoms with E-state index in [1.165, 1.54) is 19.2 Å². The summed E-state index contributed by atoms with van der Waals surface area (Å²) >= 11 is 0. The van der Waals surface area contributed by atoms with Gasteiger partial charge in [-0.3, -0.25) is 0 Å². The Kier molecular flexibility index (Phi) is 5.10. The predicted octanol–water partition coefficient (Wildman–Crippen LogP) is 1.71. The van der Waals surface area contributed by atoms with Crippen LogP contribution in [-0.2, 0) is 14.3 Å². The van der Waals surface area contributed by atoms with E-state index in [1.807, 2.05) is 0 Å². The topological polar surface area (TPSA) is 61.8 Å². The van der Waals surface area contributed by atoms with Crippen LogP contribution in [0.2, 0.25) is 0 Å². The number of hydrogen-bond acceptors (Lipinski definition) is 5. The van der Waals surface area contributed by atoms with E-state index >= 15 is 0 Å². The molecule has 0 aromatic heterocycles. The molecule has 1 aromatic carbocycles. The summed E-state index contributed by atoms with van der Waals surface area (Å²) in [6.07, 6.45) is -2.28. The first-order valence-corrected chi connectivity index (χ1v) is 5.24. The lowest BCUT2D eigenvalue weighted by atomic mass is 10.2. The zero-order valence-corrected chi connectivity index (χ0v) is 10.0. The molecule has 98 valence electrons. The Bertz CT molecular complexity index is 432. The predicted molar refractivity (Wildman–Crippen MR) is 59.9 cm³/mol. The Labute approximate surface area is 103 Å². The molecule has 0 heterocycles. The molecule has 0 aliphatic carbocycles. The van der Waals surface area contributed by atoms with E-state index in [2.05, 4.69) is 9.47 Å². The van der Waals surface area contributed by atoms with Crippen molar-refractivity contribution < 1.29 is 28.2 Å². The summed E-state index contributed by atoms with van der Waals surface area (Å²) in [5.74, 6) is -1.90. The fourth-order valence-electron chi connectivity index (χ4n) is 1.22. The van der Waals surface area contributed by atoms with E-state index in [-0.39, 0.29) is 17.9 Å². The van der Waals surface area contributed by atoms with Crippen LogP contribution >= 0.6 is 0 Å². The molecule has 0 N–H and O–H groups in total. The highest BCUT2D eigenvalue weighted by atomic mass is 19.1. The van der Waals surface area contributed by atoms with Crippen LogP contribution in [0.25, 0.3) is 0 Å². The lowest BCUT2D eigenvalue weighted by Crippen LogP contribution is -2.25. The highest BCUT2D eigenvalue weighted by molar-refractivity contribution is 5.92. The number of ether oxygens (including phenoxy) is 3. The Morgan fingerprint density at radius 1 is 1.33 bits per heavy atom. The second-order valence-corrected chi connectivity index (χ2v) is 3.17. The minimum atomic E-state index is -2.28. The van der Waals surface area contributed by atoms with E-state index < -0.39 is 18.3 Å². The highest BCUT2D eigenvalue weighted by Crippen LogP contribution is 2.20. The van der Waals surface area contributed by atoms with Crippen molar-refractivity contribution in [3.63, 3.8) is 0 Å². The highest BCUT2D eigenvalue weighted by Gasteiger charge is 2.23. The number of carbonyl (C=O) groups is 2. The molecule has 0 aliphatic rings. The second kappa shape index (κ2) is 6.58. The van der Waals surface area contributed by atoms with Crippen molar-refractivity contribution in [3.05, 3.63) is 29.8 Å². The summed E-state index contributed by atoms with van der Waals surface area (Å²) in [5.41, 5.74) is 0.0342. The van der Waals surface area contributed by atoms with Crippen molar-refractivity contribution in [2.75, 3.05) is 13.7 Å². The number of hydrogen-bond donors (Lipinski definition) is 0. The van der Waals surface area contributed by atoms with Gasteiger partial charge in [-0.15, -0.1) is 0 Å². The maximum atomic E-state index is 13.4. The Hall–Kier alpha value is -2.11. The maximum absolute atomic E-state index is 13.4. The van der Waals surface area contributed by atoms with Gasteiger partial charge in [0.2, 0.25) is 0 Å². The number of halogens is 1. The van der Waals surface area contributed by atoms with E-state index in [0.717, 1.165) is 0 Å². The van der Waals surface area contributed by atoms with Crippen molar-refractivity contribution in [1.82, 2.24) is 0 Å². The zero-order valence-electron chi connectivity index (χ0n) is 10.0. The number of para-hydroxylation sites is 1. The fraction of sp³-hybridized carbons (Fsp3) is 0.333. The first kappa shape index (κ1) is 14.0. The van der Waals surface area contributed by atoms with Gasteiger partial charge in [-0.05, 0) is 19.1 Å². The lowest BCUT2D eigenvalue weighted by molar-refractivity contribution is -0.159. The van der Waals surface area contributed by atoms with Crippen LogP contribution in [0.4, 0.5) is 4.39 Å². The third kappa shape index (κ3) is 3.44. The smallest absolute Gasteiger partial charge is 0.381 e. The summed E-state index contributed by atoms with van der Waals surface area (Å²) < 4.78 is 27.1. The molecule has 1 atom stereocenters. The fourth-order valence-corrected chi connectivity index (χ4v) is 1.22. The summed E-state index contributed by atoms with van der Waals surface area (Å²) in [6.45, 7) is 1.59. The molecule has 1 unspecified atom stereocenters. The van der Waals surface area contributed by atoms with Crippen LogP contribution in [0.15, 0.2) is 24.3 Å². The van der Waals surface area contributed by atoms with Gasteiger partial charge in [0.05, 0.1) is 13.7 Å². The SMILES string of the molecule is CCOC(=O)C(F)Oc1ccccc1C(=O)OC. The first-order chi connectivity index (χ1) is 8.60. The molecule has 0 saturated carbocycles. The molecule has 6 heteroatoms. The van der Waals surface area contributed by atoms with Crippen LogP contribution in [0.3, 0.4) is 0 Å². The third-order valence-electron chi connectivity index (χ3n) is 1.99. The molecule has 1 aromatic rings. The van der Waals surface area contributed by atoms with Gasteiger partial charge in [0, 0.05) is 0 Å². The molecule has 0 saturated heterocycles. The average molecular weight is 256 g/mol. The monoisotopic (exact) mass is 256 g/mol. The number of benzene rings is 1. The number of esters is 2. The third-order valence-corrected chi connectivity index (χ3v) is 1.99. The number of alkyl halides is 1. The summed E-state index contributed by atoms with van der Waals surface area (Å²) in [4.78, 5) is 22.4. The molecule has 1 rings (SSSR count). The second-order valence-electron chi connectivity index (χ2n) is 3.17. The average Bonchev–Trinajstić information content (AvgIpc) is 2.38. The van der Waals surface area contributed by atoms with Gasteiger partial charge < -0.3 is 14.2 Å². The number of methoxy groups -OCH3 is 1. The summed E-state index contributed by atoms with van der Waals surface area (Å²) in [7, 11) is 1.19. The Morgan fingerprint density at radius 2 is 2.00 bits per heavy atom. The molecular weight excluding hydrogens is 243 g/mol. The quantitative estimate of drug-likeness (QED) is 0.750. The van der Waals surface area contributed by atoms with E-state index in [9.17, 15) is 14.0 Å². The molecule has 0 spiro atoms. The molecule has 0 aliphatic heterocycles. The largest absolute Gasteiger partial charge is 0.465 e. The molecular formula is C12H13FO5. The van der Waals surface area contributed by atoms with Crippen molar-refractivity contribution >= 4 is 11.9 Å². The number of carbonyl (C=O) groups excluding carboxylic acids is 2. The van der Waals surface area contributed by atoms with Gasteiger partial charge in [0.15, 0.2) is 0 Å². The van der Waals surface area contributed by atoms with Gasteiger partial charge in [0.1, 0.15) is 11.3 Å². The van der Waals surface area contributed by atoms with Gasteiger partial charge in [-0.1, -0.05) is 12.1 Å². The van der Waals surface area contributed by atoms with Crippen LogP contribution < -0.4 is 4.74 Å². The molecule has 0 amide bonds. The normalized spacial score (nSPS) is 11.5. The van der Waals surface area contributed by atoms with Gasteiger partial charge in [0.25, 0.3) is 0 Å². The maximum Gasteiger partial charge on any atom is 0.381 e. The Morgan fingerprint density at radius 3 is 2.61 bits per heavy atom. The minimum absolute atomic E-state index is 0.0342. The van der Waals surface area contributed by atoms with E-state index in [0.29, 0.717) is 0 Å². The van der Waals surface area contributed by atoms with Gasteiger partial charge in [-0.2, -0.15) is 4.39 Å². The van der Waals surface area contributed by atoms with Crippen LogP contribution in [0.5, 0.6) is 5.75 Å². The Balaban J connectivity index is 2.84. The van der Waals surface area contributed by atoms with Crippen molar-refractivity contribution in [2.24, 2.45) is 0 Å². The summed E-state index contributed by atoms with van der Waals surface area (Å²) in [5, 5.41) is 0. The lowest BCUT2D eigenvalue weighted by Gasteiger charge is -2.12. The summed E-state index contributed by atoms with van der Waals surface area (Å²) in [6, 6.07) is 5.87. The van der Waals surface area contributed by atoms with E-state index in [4.69, 9.17) is 4.74 Å². The van der Waals surface area contributed by atoms with Crippen LogP contribution in [-0.4, -0.2) is 32.0 Å². The standard InChI is InChI=1S/C12H13FO5/c1-3-17-12(15)10(13)18-9-7-5-4-6-8(9)11(14)16-2/h4-7,10H,3H2,1-2H3. The molecule has 0 radical (unpaired) electrons. The molecule has 18 heavy (non-hydrogen) atoms. The van der Waals surface area contributed by atoms with Crippen molar-refractivity contribution in [3.8, 4) is 5.75 Å². The van der Waals surface area contributed by atoms with Gasteiger partial charge in [-0.25, -0.2) is 9.59 Å². The van der Waals surface area contributed by atoms with Crippen LogP contribution in [0.1, 0.15) is 17.3 Å². The minimum Gasteiger partial charge on any atom is -0.465 e.